The number of rotatable bonds is 1. The molecule has 0 saturated carbocycles. The van der Waals surface area contributed by atoms with Crippen LogP contribution >= 0.6 is 0 Å². The van der Waals surface area contributed by atoms with Crippen molar-refractivity contribution in [2.24, 2.45) is 0 Å². The summed E-state index contributed by atoms with van der Waals surface area (Å²) in [5, 5.41) is 0. The van der Waals surface area contributed by atoms with Crippen LogP contribution in [0.15, 0.2) is 18.2 Å². The minimum atomic E-state index is -5.05. The first-order valence-electron chi connectivity index (χ1n) is 4.48. The number of hydrogen-bond acceptors (Lipinski definition) is 2. The smallest absolute Gasteiger partial charge is 0.420 e. The summed E-state index contributed by atoms with van der Waals surface area (Å²) in [6, 6.07) is 0.777. The van der Waals surface area contributed by atoms with E-state index in [1.807, 2.05) is 0 Å². The van der Waals surface area contributed by atoms with Gasteiger partial charge < -0.3 is 4.74 Å². The van der Waals surface area contributed by atoms with Gasteiger partial charge in [-0.3, -0.25) is 4.79 Å². The first kappa shape index (κ1) is 14.3. The molecule has 0 radical (unpaired) electrons. The fourth-order valence-corrected chi connectivity index (χ4v) is 1.17. The van der Waals surface area contributed by atoms with Crippen molar-refractivity contribution in [2.75, 3.05) is 0 Å². The number of ether oxygens (including phenoxy) is 1. The Balaban J connectivity index is 3.34. The molecule has 0 aliphatic carbocycles. The predicted octanol–water partition coefficient (Wildman–Crippen LogP) is 3.65. The molecular formula is C10H6F6O2. The maximum atomic E-state index is 12.5. The Labute approximate surface area is 97.2 Å². The standard InChI is InChI=1S/C10H6F6O2/c1-5(17)18-8-3-2-6(9(11,12)13)4-7(8)10(14,15)16/h2-4H,1H3. The number of esters is 1. The average molecular weight is 272 g/mol. The maximum absolute atomic E-state index is 12.5. The van der Waals surface area contributed by atoms with Crippen molar-refractivity contribution in [1.29, 1.82) is 0 Å². The van der Waals surface area contributed by atoms with E-state index < -0.39 is 35.2 Å². The van der Waals surface area contributed by atoms with Crippen LogP contribution in [0.5, 0.6) is 5.75 Å². The molecule has 0 saturated heterocycles. The van der Waals surface area contributed by atoms with Gasteiger partial charge >= 0.3 is 18.3 Å². The van der Waals surface area contributed by atoms with Crippen LogP contribution in [0.4, 0.5) is 26.3 Å². The highest BCUT2D eigenvalue weighted by molar-refractivity contribution is 5.70. The van der Waals surface area contributed by atoms with E-state index in [-0.39, 0.29) is 6.07 Å². The molecular weight excluding hydrogens is 266 g/mol. The summed E-state index contributed by atoms with van der Waals surface area (Å²) in [6.07, 6.45) is -9.96. The molecule has 0 fully saturated rings. The molecule has 18 heavy (non-hydrogen) atoms. The molecule has 2 nitrogen and oxygen atoms in total. The molecule has 1 aromatic rings. The van der Waals surface area contributed by atoms with Crippen LogP contribution in [0.2, 0.25) is 0 Å². The van der Waals surface area contributed by atoms with Gasteiger partial charge in [0.2, 0.25) is 0 Å². The molecule has 1 aromatic carbocycles. The van der Waals surface area contributed by atoms with Crippen molar-refractivity contribution in [3.05, 3.63) is 29.3 Å². The summed E-state index contributed by atoms with van der Waals surface area (Å²) in [7, 11) is 0. The minimum absolute atomic E-state index is 0.0989. The van der Waals surface area contributed by atoms with Crippen LogP contribution in [-0.2, 0) is 17.1 Å². The molecule has 100 valence electrons. The Morgan fingerprint density at radius 2 is 1.61 bits per heavy atom. The van der Waals surface area contributed by atoms with Crippen molar-refractivity contribution in [3.8, 4) is 5.75 Å². The fraction of sp³-hybridized carbons (Fsp3) is 0.300. The van der Waals surface area contributed by atoms with Crippen LogP contribution in [0.3, 0.4) is 0 Å². The van der Waals surface area contributed by atoms with E-state index in [0.29, 0.717) is 12.1 Å². The predicted molar refractivity (Wildman–Crippen MR) is 47.8 cm³/mol. The Hall–Kier alpha value is -1.73. The van der Waals surface area contributed by atoms with E-state index in [4.69, 9.17) is 0 Å². The summed E-state index contributed by atoms with van der Waals surface area (Å²) in [5.74, 6) is -2.01. The molecule has 0 aliphatic heterocycles. The van der Waals surface area contributed by atoms with Crippen LogP contribution in [-0.4, -0.2) is 5.97 Å². The number of carbonyl (C=O) groups excluding carboxylic acids is 1. The number of alkyl halides is 6. The first-order valence-corrected chi connectivity index (χ1v) is 4.48. The third-order valence-electron chi connectivity index (χ3n) is 1.87. The largest absolute Gasteiger partial charge is 0.426 e. The Kier molecular flexibility index (Phi) is 3.59. The van der Waals surface area contributed by atoms with Gasteiger partial charge in [-0.15, -0.1) is 0 Å². The van der Waals surface area contributed by atoms with E-state index >= 15 is 0 Å². The lowest BCUT2D eigenvalue weighted by Crippen LogP contribution is -2.14. The van der Waals surface area contributed by atoms with Crippen LogP contribution < -0.4 is 4.74 Å². The van der Waals surface area contributed by atoms with Gasteiger partial charge in [0.05, 0.1) is 11.1 Å². The molecule has 0 amide bonds. The van der Waals surface area contributed by atoms with Crippen molar-refractivity contribution >= 4 is 5.97 Å². The van der Waals surface area contributed by atoms with Gasteiger partial charge in [0.25, 0.3) is 0 Å². The van der Waals surface area contributed by atoms with Gasteiger partial charge in [-0.25, -0.2) is 0 Å². The van der Waals surface area contributed by atoms with E-state index in [9.17, 15) is 31.1 Å². The molecule has 0 atom stereocenters. The van der Waals surface area contributed by atoms with Crippen molar-refractivity contribution in [2.45, 2.75) is 19.3 Å². The SMILES string of the molecule is CC(=O)Oc1ccc(C(F)(F)F)cc1C(F)(F)F. The summed E-state index contributed by atoms with van der Waals surface area (Å²) >= 11 is 0. The second kappa shape index (κ2) is 4.51. The number of carbonyl (C=O) groups is 1. The molecule has 8 heteroatoms. The van der Waals surface area contributed by atoms with Gasteiger partial charge in [-0.2, -0.15) is 26.3 Å². The first-order chi connectivity index (χ1) is 8.01. The van der Waals surface area contributed by atoms with Gasteiger partial charge in [0.15, 0.2) is 0 Å². The molecule has 0 unspecified atom stereocenters. The fourth-order valence-electron chi connectivity index (χ4n) is 1.17. The van der Waals surface area contributed by atoms with Crippen LogP contribution in [0, 0.1) is 0 Å². The summed E-state index contributed by atoms with van der Waals surface area (Å²) in [4.78, 5) is 10.6. The third kappa shape index (κ3) is 3.38. The topological polar surface area (TPSA) is 26.3 Å². The summed E-state index contributed by atoms with van der Waals surface area (Å²) in [6.45, 7) is 0.845. The zero-order valence-corrected chi connectivity index (χ0v) is 8.82. The van der Waals surface area contributed by atoms with E-state index in [0.717, 1.165) is 6.92 Å². The molecule has 0 N–H and O–H groups in total. The Bertz CT molecular complexity index is 460. The van der Waals surface area contributed by atoms with Crippen molar-refractivity contribution in [3.63, 3.8) is 0 Å². The number of halogens is 6. The molecule has 0 heterocycles. The van der Waals surface area contributed by atoms with Crippen LogP contribution in [0.25, 0.3) is 0 Å². The zero-order valence-electron chi connectivity index (χ0n) is 8.82. The molecule has 0 spiro atoms. The van der Waals surface area contributed by atoms with Crippen molar-refractivity contribution < 1.29 is 35.9 Å². The normalized spacial score (nSPS) is 12.4. The lowest BCUT2D eigenvalue weighted by Gasteiger charge is -2.14. The Morgan fingerprint density at radius 1 is 1.06 bits per heavy atom. The van der Waals surface area contributed by atoms with E-state index in [1.165, 1.54) is 0 Å². The van der Waals surface area contributed by atoms with Gasteiger partial charge in [-0.1, -0.05) is 0 Å². The minimum Gasteiger partial charge on any atom is -0.426 e. The van der Waals surface area contributed by atoms with Crippen molar-refractivity contribution in [1.82, 2.24) is 0 Å². The quantitative estimate of drug-likeness (QED) is 0.443. The lowest BCUT2D eigenvalue weighted by molar-refractivity contribution is -0.144. The Morgan fingerprint density at radius 3 is 2.00 bits per heavy atom. The van der Waals surface area contributed by atoms with E-state index in [1.54, 1.807) is 0 Å². The summed E-state index contributed by atoms with van der Waals surface area (Å²) < 4.78 is 78.6. The molecule has 0 bridgehead atoms. The zero-order chi connectivity index (χ0) is 14.1. The monoisotopic (exact) mass is 272 g/mol. The second-order valence-corrected chi connectivity index (χ2v) is 3.30. The highest BCUT2D eigenvalue weighted by Crippen LogP contribution is 2.40. The molecule has 1 rings (SSSR count). The molecule has 0 aliphatic rings. The lowest BCUT2D eigenvalue weighted by atomic mass is 10.1. The summed E-state index contributed by atoms with van der Waals surface area (Å²) in [5.41, 5.74) is -3.11. The molecule has 0 aromatic heterocycles. The van der Waals surface area contributed by atoms with Gasteiger partial charge in [0.1, 0.15) is 5.75 Å². The highest BCUT2D eigenvalue weighted by Gasteiger charge is 2.39. The maximum Gasteiger partial charge on any atom is 0.420 e. The second-order valence-electron chi connectivity index (χ2n) is 3.30. The average Bonchev–Trinajstić information content (AvgIpc) is 2.13. The number of benzene rings is 1. The highest BCUT2D eigenvalue weighted by atomic mass is 19.4. The van der Waals surface area contributed by atoms with Crippen LogP contribution in [0.1, 0.15) is 18.1 Å². The van der Waals surface area contributed by atoms with Gasteiger partial charge in [-0.05, 0) is 18.2 Å². The number of hydrogen-bond donors (Lipinski definition) is 0. The van der Waals surface area contributed by atoms with E-state index in [2.05, 4.69) is 4.74 Å². The van der Waals surface area contributed by atoms with Gasteiger partial charge in [0, 0.05) is 6.92 Å². The third-order valence-corrected chi connectivity index (χ3v) is 1.87.